The number of hydrogen-bond acceptors (Lipinski definition) is 6. The zero-order valence-electron chi connectivity index (χ0n) is 21.4. The zero-order valence-corrected chi connectivity index (χ0v) is 21.4. The maximum Gasteiger partial charge on any atom is 0.295 e. The molecule has 3 aromatic rings. The van der Waals surface area contributed by atoms with Gasteiger partial charge in [-0.3, -0.25) is 9.59 Å². The maximum atomic E-state index is 13.1. The predicted octanol–water partition coefficient (Wildman–Crippen LogP) is 4.44. The van der Waals surface area contributed by atoms with Crippen molar-refractivity contribution in [3.8, 4) is 11.5 Å². The molecule has 1 aliphatic rings. The SMILES string of the molecule is Cc1ccccc1OCCOc1ccc([C@H]2/C(=C(\O)c3ccccc3)C(=O)C(=O)N2CCN(C)C)cc1. The highest BCUT2D eigenvalue weighted by atomic mass is 16.5. The Bertz CT molecular complexity index is 1270. The van der Waals surface area contributed by atoms with Crippen molar-refractivity contribution in [1.29, 1.82) is 0 Å². The van der Waals surface area contributed by atoms with Gasteiger partial charge in [-0.05, 0) is 50.3 Å². The summed E-state index contributed by atoms with van der Waals surface area (Å²) >= 11 is 0. The molecule has 0 unspecified atom stereocenters. The van der Waals surface area contributed by atoms with Crippen molar-refractivity contribution in [2.24, 2.45) is 0 Å². The minimum Gasteiger partial charge on any atom is -0.507 e. The Kier molecular flexibility index (Phi) is 8.25. The number of ketones is 1. The molecule has 1 saturated heterocycles. The molecule has 0 spiro atoms. The van der Waals surface area contributed by atoms with Crippen LogP contribution in [0.15, 0.2) is 84.4 Å². The molecule has 1 atom stereocenters. The van der Waals surface area contributed by atoms with E-state index >= 15 is 0 Å². The smallest absolute Gasteiger partial charge is 0.295 e. The highest BCUT2D eigenvalue weighted by Crippen LogP contribution is 2.39. The number of benzene rings is 3. The topological polar surface area (TPSA) is 79.3 Å². The molecule has 1 amide bonds. The molecule has 1 heterocycles. The molecule has 4 rings (SSSR count). The van der Waals surface area contributed by atoms with Gasteiger partial charge in [0.1, 0.15) is 30.5 Å². The number of carbonyl (C=O) groups is 2. The molecule has 192 valence electrons. The molecular formula is C30H32N2O5. The molecule has 0 saturated carbocycles. The molecule has 3 aromatic carbocycles. The first-order valence-electron chi connectivity index (χ1n) is 12.3. The molecule has 37 heavy (non-hydrogen) atoms. The summed E-state index contributed by atoms with van der Waals surface area (Å²) in [5.41, 5.74) is 2.37. The van der Waals surface area contributed by atoms with Crippen molar-refractivity contribution >= 4 is 17.4 Å². The third-order valence-electron chi connectivity index (χ3n) is 6.27. The van der Waals surface area contributed by atoms with Gasteiger partial charge in [0.15, 0.2) is 0 Å². The van der Waals surface area contributed by atoms with Crippen LogP contribution in [0.2, 0.25) is 0 Å². The van der Waals surface area contributed by atoms with Gasteiger partial charge in [-0.1, -0.05) is 60.7 Å². The number of aryl methyl sites for hydroxylation is 1. The summed E-state index contributed by atoms with van der Waals surface area (Å²) in [5, 5.41) is 11.1. The second kappa shape index (κ2) is 11.8. The summed E-state index contributed by atoms with van der Waals surface area (Å²) in [6.45, 7) is 3.68. The molecule has 1 aliphatic heterocycles. The molecule has 7 nitrogen and oxygen atoms in total. The molecule has 0 radical (unpaired) electrons. The number of amides is 1. The van der Waals surface area contributed by atoms with Gasteiger partial charge in [0.25, 0.3) is 11.7 Å². The fraction of sp³-hybridized carbons (Fsp3) is 0.267. The Morgan fingerprint density at radius 2 is 1.54 bits per heavy atom. The van der Waals surface area contributed by atoms with Crippen LogP contribution in [0.4, 0.5) is 0 Å². The Labute approximate surface area is 217 Å². The van der Waals surface area contributed by atoms with E-state index < -0.39 is 17.7 Å². The van der Waals surface area contributed by atoms with Crippen molar-refractivity contribution in [3.05, 3.63) is 101 Å². The van der Waals surface area contributed by atoms with E-state index in [1.165, 1.54) is 4.90 Å². The summed E-state index contributed by atoms with van der Waals surface area (Å²) in [7, 11) is 3.81. The first kappa shape index (κ1) is 26.0. The molecule has 0 aliphatic carbocycles. The van der Waals surface area contributed by atoms with E-state index in [0.29, 0.717) is 37.6 Å². The van der Waals surface area contributed by atoms with Crippen LogP contribution in [-0.2, 0) is 9.59 Å². The number of likely N-dealkylation sites (tertiary alicyclic amines) is 1. The lowest BCUT2D eigenvalue weighted by Gasteiger charge is -2.26. The third-order valence-corrected chi connectivity index (χ3v) is 6.27. The number of hydrogen-bond donors (Lipinski definition) is 1. The van der Waals surface area contributed by atoms with Crippen LogP contribution in [0.5, 0.6) is 11.5 Å². The third kappa shape index (κ3) is 6.01. The van der Waals surface area contributed by atoms with Gasteiger partial charge in [0, 0.05) is 18.7 Å². The average Bonchev–Trinajstić information content (AvgIpc) is 3.16. The van der Waals surface area contributed by atoms with Crippen molar-refractivity contribution in [3.63, 3.8) is 0 Å². The molecule has 1 fully saturated rings. The molecule has 0 bridgehead atoms. The molecule has 7 heteroatoms. The van der Waals surface area contributed by atoms with Crippen LogP contribution < -0.4 is 9.47 Å². The Morgan fingerprint density at radius 3 is 2.22 bits per heavy atom. The normalized spacial score (nSPS) is 16.9. The summed E-state index contributed by atoms with van der Waals surface area (Å²) in [5.74, 6) is -0.000377. The lowest BCUT2D eigenvalue weighted by atomic mass is 9.95. The van der Waals surface area contributed by atoms with E-state index in [1.807, 2.05) is 68.4 Å². The van der Waals surface area contributed by atoms with E-state index in [4.69, 9.17) is 9.47 Å². The number of carbonyl (C=O) groups excluding carboxylic acids is 2. The van der Waals surface area contributed by atoms with Gasteiger partial charge in [0.05, 0.1) is 11.6 Å². The largest absolute Gasteiger partial charge is 0.507 e. The Morgan fingerprint density at radius 1 is 0.892 bits per heavy atom. The molecular weight excluding hydrogens is 468 g/mol. The maximum absolute atomic E-state index is 13.1. The van der Waals surface area contributed by atoms with Crippen LogP contribution in [0, 0.1) is 6.92 Å². The van der Waals surface area contributed by atoms with Gasteiger partial charge < -0.3 is 24.4 Å². The monoisotopic (exact) mass is 500 g/mol. The van der Waals surface area contributed by atoms with Gasteiger partial charge in [0.2, 0.25) is 0 Å². The first-order chi connectivity index (χ1) is 17.9. The lowest BCUT2D eigenvalue weighted by molar-refractivity contribution is -0.140. The van der Waals surface area contributed by atoms with Crippen LogP contribution >= 0.6 is 0 Å². The molecule has 1 N–H and O–H groups in total. The van der Waals surface area contributed by atoms with Crippen molar-refractivity contribution in [2.45, 2.75) is 13.0 Å². The van der Waals surface area contributed by atoms with Gasteiger partial charge in [-0.2, -0.15) is 0 Å². The van der Waals surface area contributed by atoms with E-state index in [1.54, 1.807) is 36.4 Å². The molecule has 0 aromatic heterocycles. The first-order valence-corrected chi connectivity index (χ1v) is 12.3. The average molecular weight is 501 g/mol. The minimum absolute atomic E-state index is 0.0928. The van der Waals surface area contributed by atoms with E-state index in [0.717, 1.165) is 16.9 Å². The second-order valence-electron chi connectivity index (χ2n) is 9.19. The highest BCUT2D eigenvalue weighted by Gasteiger charge is 2.45. The number of rotatable bonds is 10. The number of nitrogens with zero attached hydrogens (tertiary/aromatic N) is 2. The zero-order chi connectivity index (χ0) is 26.4. The van der Waals surface area contributed by atoms with Crippen molar-refractivity contribution in [1.82, 2.24) is 9.80 Å². The number of para-hydroxylation sites is 1. The predicted molar refractivity (Wildman–Crippen MR) is 143 cm³/mol. The van der Waals surface area contributed by atoms with Gasteiger partial charge in [-0.25, -0.2) is 0 Å². The number of aliphatic hydroxyl groups excluding tert-OH is 1. The van der Waals surface area contributed by atoms with Gasteiger partial charge >= 0.3 is 0 Å². The van der Waals surface area contributed by atoms with Crippen LogP contribution in [0.25, 0.3) is 5.76 Å². The summed E-state index contributed by atoms with van der Waals surface area (Å²) in [4.78, 5) is 29.6. The van der Waals surface area contributed by atoms with Gasteiger partial charge in [-0.15, -0.1) is 0 Å². The summed E-state index contributed by atoms with van der Waals surface area (Å²) in [6.07, 6.45) is 0. The number of aliphatic hydroxyl groups is 1. The number of ether oxygens (including phenoxy) is 2. The number of likely N-dealkylation sites (N-methyl/N-ethyl adjacent to an activating group) is 1. The van der Waals surface area contributed by atoms with Crippen molar-refractivity contribution < 1.29 is 24.2 Å². The quantitative estimate of drug-likeness (QED) is 0.192. The van der Waals surface area contributed by atoms with Crippen LogP contribution in [-0.4, -0.2) is 67.0 Å². The van der Waals surface area contributed by atoms with Crippen LogP contribution in [0.1, 0.15) is 22.7 Å². The van der Waals surface area contributed by atoms with Crippen LogP contribution in [0.3, 0.4) is 0 Å². The number of Topliss-reactive ketones (excluding diaryl/α,β-unsaturated/α-hetero) is 1. The fourth-order valence-corrected chi connectivity index (χ4v) is 4.29. The standard InChI is InChI=1S/C30H32N2O5/c1-21-9-7-8-12-25(21)37-20-19-36-24-15-13-22(14-16-24)27-26(28(33)23-10-5-4-6-11-23)29(34)30(35)32(27)18-17-31(2)3/h4-16,27,33H,17-20H2,1-3H3/b28-26+/t27-/m0/s1. The van der Waals surface area contributed by atoms with E-state index in [2.05, 4.69) is 0 Å². The highest BCUT2D eigenvalue weighted by molar-refractivity contribution is 6.46. The summed E-state index contributed by atoms with van der Waals surface area (Å²) < 4.78 is 11.6. The minimum atomic E-state index is -0.696. The van der Waals surface area contributed by atoms with E-state index in [9.17, 15) is 14.7 Å². The summed E-state index contributed by atoms with van der Waals surface area (Å²) in [6, 6.07) is 23.2. The Balaban J connectivity index is 1.54. The van der Waals surface area contributed by atoms with Crippen molar-refractivity contribution in [2.75, 3.05) is 40.4 Å². The Hall–Kier alpha value is -4.10. The second-order valence-corrected chi connectivity index (χ2v) is 9.19. The van der Waals surface area contributed by atoms with E-state index in [-0.39, 0.29) is 11.3 Å². The lowest BCUT2D eigenvalue weighted by Crippen LogP contribution is -2.35. The fourth-order valence-electron chi connectivity index (χ4n) is 4.29.